The molecule has 0 atom stereocenters. The fourth-order valence-corrected chi connectivity index (χ4v) is 2.85. The Morgan fingerprint density at radius 2 is 2.00 bits per heavy atom. The van der Waals surface area contributed by atoms with E-state index in [2.05, 4.69) is 5.32 Å². The Hall–Kier alpha value is -2.90. The number of fused-ring (bicyclic) bond motifs is 1. The van der Waals surface area contributed by atoms with Gasteiger partial charge in [0, 0.05) is 23.8 Å². The molecule has 1 saturated carbocycles. The van der Waals surface area contributed by atoms with Crippen LogP contribution in [0.2, 0.25) is 0 Å². The Morgan fingerprint density at radius 3 is 2.48 bits per heavy atom. The average Bonchev–Trinajstić information content (AvgIpc) is 3.29. The third-order valence-corrected chi connectivity index (χ3v) is 4.03. The standard InChI is InChI=1S/C17H19N3O5/c1-17(2,3)18-12-7-13-10(6-14(12)20(24)25)15(21)11(16(22)23)8-19(13)9-4-5-9/h6-9,18H,4-5H2,1-3H3,(H,22,23). The first-order valence-corrected chi connectivity index (χ1v) is 7.97. The Bertz CT molecular complexity index is 951. The van der Waals surface area contributed by atoms with Crippen LogP contribution < -0.4 is 10.7 Å². The number of aromatic nitrogens is 1. The summed E-state index contributed by atoms with van der Waals surface area (Å²) < 4.78 is 1.75. The van der Waals surface area contributed by atoms with Gasteiger partial charge in [0.1, 0.15) is 11.3 Å². The van der Waals surface area contributed by atoms with Gasteiger partial charge in [0.15, 0.2) is 0 Å². The average molecular weight is 345 g/mol. The first-order chi connectivity index (χ1) is 11.6. The topological polar surface area (TPSA) is 114 Å². The number of hydrogen-bond donors (Lipinski definition) is 2. The van der Waals surface area contributed by atoms with Gasteiger partial charge < -0.3 is 15.0 Å². The van der Waals surface area contributed by atoms with E-state index < -0.39 is 21.9 Å². The number of hydrogen-bond acceptors (Lipinski definition) is 5. The van der Waals surface area contributed by atoms with Crippen molar-refractivity contribution in [1.82, 2.24) is 4.57 Å². The molecule has 0 bridgehead atoms. The lowest BCUT2D eigenvalue weighted by atomic mass is 10.1. The molecule has 0 aliphatic heterocycles. The fourth-order valence-electron chi connectivity index (χ4n) is 2.85. The smallest absolute Gasteiger partial charge is 0.341 e. The van der Waals surface area contributed by atoms with Gasteiger partial charge in [-0.1, -0.05) is 0 Å². The number of nitrogens with zero attached hydrogens (tertiary/aromatic N) is 2. The van der Waals surface area contributed by atoms with E-state index in [1.807, 2.05) is 20.8 Å². The van der Waals surface area contributed by atoms with Gasteiger partial charge in [0.25, 0.3) is 5.69 Å². The van der Waals surface area contributed by atoms with Gasteiger partial charge in [-0.25, -0.2) is 4.79 Å². The summed E-state index contributed by atoms with van der Waals surface area (Å²) in [6, 6.07) is 2.87. The minimum absolute atomic E-state index is 0.0537. The molecule has 1 fully saturated rings. The second-order valence-electron chi connectivity index (χ2n) is 7.33. The van der Waals surface area contributed by atoms with Crippen molar-refractivity contribution in [3.63, 3.8) is 0 Å². The fraction of sp³-hybridized carbons (Fsp3) is 0.412. The van der Waals surface area contributed by atoms with Crippen molar-refractivity contribution in [1.29, 1.82) is 0 Å². The molecular formula is C17H19N3O5. The second kappa shape index (κ2) is 5.58. The third-order valence-electron chi connectivity index (χ3n) is 4.03. The minimum atomic E-state index is -1.33. The molecule has 8 heteroatoms. The maximum atomic E-state index is 12.5. The van der Waals surface area contributed by atoms with Crippen molar-refractivity contribution in [2.24, 2.45) is 0 Å². The van der Waals surface area contributed by atoms with Gasteiger partial charge in [-0.3, -0.25) is 14.9 Å². The molecule has 0 radical (unpaired) electrons. The van der Waals surface area contributed by atoms with Crippen LogP contribution in [0, 0.1) is 10.1 Å². The number of anilines is 1. The monoisotopic (exact) mass is 345 g/mol. The highest BCUT2D eigenvalue weighted by Gasteiger charge is 2.29. The summed E-state index contributed by atoms with van der Waals surface area (Å²) in [5.41, 5.74) is -0.916. The van der Waals surface area contributed by atoms with E-state index in [1.165, 1.54) is 12.3 Å². The zero-order valence-corrected chi connectivity index (χ0v) is 14.2. The van der Waals surface area contributed by atoms with E-state index in [9.17, 15) is 24.8 Å². The van der Waals surface area contributed by atoms with Crippen LogP contribution in [0.4, 0.5) is 11.4 Å². The molecule has 1 aliphatic rings. The SMILES string of the molecule is CC(C)(C)Nc1cc2c(cc1[N+](=O)[O-])c(=O)c(C(=O)O)cn2C1CC1. The van der Waals surface area contributed by atoms with E-state index in [4.69, 9.17) is 0 Å². The van der Waals surface area contributed by atoms with Crippen molar-refractivity contribution < 1.29 is 14.8 Å². The number of benzene rings is 1. The summed E-state index contributed by atoms with van der Waals surface area (Å²) in [5, 5.41) is 23.9. The number of carboxylic acid groups (broad SMARTS) is 1. The Labute approximate surface area is 143 Å². The first-order valence-electron chi connectivity index (χ1n) is 7.97. The lowest BCUT2D eigenvalue weighted by molar-refractivity contribution is -0.383. The summed E-state index contributed by atoms with van der Waals surface area (Å²) >= 11 is 0. The number of nitrogens with one attached hydrogen (secondary N) is 1. The molecule has 132 valence electrons. The first kappa shape index (κ1) is 16.9. The summed E-state index contributed by atoms with van der Waals surface area (Å²) in [7, 11) is 0. The molecule has 3 rings (SSSR count). The van der Waals surface area contributed by atoms with E-state index >= 15 is 0 Å². The molecule has 2 aromatic rings. The molecule has 1 aliphatic carbocycles. The number of rotatable bonds is 4. The van der Waals surface area contributed by atoms with Gasteiger partial charge in [0.2, 0.25) is 5.43 Å². The van der Waals surface area contributed by atoms with Gasteiger partial charge in [0.05, 0.1) is 15.8 Å². The number of pyridine rings is 1. The molecule has 8 nitrogen and oxygen atoms in total. The van der Waals surface area contributed by atoms with E-state index in [0.29, 0.717) is 11.2 Å². The van der Waals surface area contributed by atoms with E-state index in [1.54, 1.807) is 10.6 Å². The highest BCUT2D eigenvalue weighted by Crippen LogP contribution is 2.39. The molecule has 1 heterocycles. The lowest BCUT2D eigenvalue weighted by Crippen LogP contribution is -2.27. The molecule has 1 aromatic heterocycles. The summed E-state index contributed by atoms with van der Waals surface area (Å²) in [6.07, 6.45) is 3.11. The predicted molar refractivity (Wildman–Crippen MR) is 93.5 cm³/mol. The van der Waals surface area contributed by atoms with Crippen molar-refractivity contribution >= 4 is 28.2 Å². The van der Waals surface area contributed by atoms with Gasteiger partial charge in [-0.15, -0.1) is 0 Å². The largest absolute Gasteiger partial charge is 0.477 e. The normalized spacial score (nSPS) is 14.5. The van der Waals surface area contributed by atoms with Crippen LogP contribution in [0.15, 0.2) is 23.1 Å². The van der Waals surface area contributed by atoms with Crippen LogP contribution in [0.5, 0.6) is 0 Å². The number of carboxylic acids is 1. The van der Waals surface area contributed by atoms with E-state index in [0.717, 1.165) is 12.8 Å². The van der Waals surface area contributed by atoms with Crippen LogP contribution >= 0.6 is 0 Å². The second-order valence-corrected chi connectivity index (χ2v) is 7.33. The van der Waals surface area contributed by atoms with Crippen molar-refractivity contribution in [3.05, 3.63) is 44.2 Å². The molecule has 1 aromatic carbocycles. The lowest BCUT2D eigenvalue weighted by Gasteiger charge is -2.22. The van der Waals surface area contributed by atoms with Crippen LogP contribution in [0.25, 0.3) is 10.9 Å². The van der Waals surface area contributed by atoms with Crippen molar-refractivity contribution in [2.75, 3.05) is 5.32 Å². The summed E-state index contributed by atoms with van der Waals surface area (Å²) in [5.74, 6) is -1.33. The minimum Gasteiger partial charge on any atom is -0.477 e. The maximum absolute atomic E-state index is 12.5. The Balaban J connectivity index is 2.37. The van der Waals surface area contributed by atoms with Gasteiger partial charge in [-0.05, 0) is 39.7 Å². The highest BCUT2D eigenvalue weighted by atomic mass is 16.6. The zero-order valence-electron chi connectivity index (χ0n) is 14.2. The molecule has 2 N–H and O–H groups in total. The molecule has 0 amide bonds. The Morgan fingerprint density at radius 1 is 1.36 bits per heavy atom. The third kappa shape index (κ3) is 3.19. The van der Waals surface area contributed by atoms with Crippen LogP contribution in [0.1, 0.15) is 50.0 Å². The number of aromatic carboxylic acids is 1. The molecule has 0 unspecified atom stereocenters. The molecule has 25 heavy (non-hydrogen) atoms. The number of nitro groups is 1. The van der Waals surface area contributed by atoms with Crippen LogP contribution in [-0.2, 0) is 0 Å². The molecule has 0 saturated heterocycles. The Kier molecular flexibility index (Phi) is 3.78. The maximum Gasteiger partial charge on any atom is 0.341 e. The number of carbonyl (C=O) groups is 1. The van der Waals surface area contributed by atoms with E-state index in [-0.39, 0.29) is 22.7 Å². The molecular weight excluding hydrogens is 326 g/mol. The van der Waals surface area contributed by atoms with Gasteiger partial charge in [-0.2, -0.15) is 0 Å². The predicted octanol–water partition coefficient (Wildman–Crippen LogP) is 3.15. The van der Waals surface area contributed by atoms with Gasteiger partial charge >= 0.3 is 5.97 Å². The summed E-state index contributed by atoms with van der Waals surface area (Å²) in [4.78, 5) is 34.8. The number of nitro benzene ring substituents is 1. The van der Waals surface area contributed by atoms with Crippen LogP contribution in [-0.4, -0.2) is 26.1 Å². The van der Waals surface area contributed by atoms with Crippen molar-refractivity contribution in [2.45, 2.75) is 45.2 Å². The zero-order chi connectivity index (χ0) is 18.5. The van der Waals surface area contributed by atoms with Crippen molar-refractivity contribution in [3.8, 4) is 0 Å². The highest BCUT2D eigenvalue weighted by molar-refractivity contribution is 5.95. The summed E-state index contributed by atoms with van der Waals surface area (Å²) in [6.45, 7) is 5.63. The van der Waals surface area contributed by atoms with Crippen LogP contribution in [0.3, 0.4) is 0 Å². The molecule has 0 spiro atoms. The quantitative estimate of drug-likeness (QED) is 0.650.